The van der Waals surface area contributed by atoms with Gasteiger partial charge < -0.3 is 0 Å². The molecule has 26 heavy (non-hydrogen) atoms. The third-order valence-corrected chi connectivity index (χ3v) is 8.32. The molecule has 0 bridgehead atoms. The van der Waals surface area contributed by atoms with Gasteiger partial charge in [0.1, 0.15) is 0 Å². The summed E-state index contributed by atoms with van der Waals surface area (Å²) in [6.07, 6.45) is 8.39. The standard InChI is InChI=1S/C23H40O2S/c1-8-9-10-11-12-13-14-21(22(3,4)5)23(6,7)26(24,25)20-17-15-19(2)16-18-20/h15-18,21H,8-14H2,1-7H3. The van der Waals surface area contributed by atoms with Gasteiger partial charge >= 0.3 is 0 Å². The molecule has 0 radical (unpaired) electrons. The van der Waals surface area contributed by atoms with Crippen molar-refractivity contribution in [2.24, 2.45) is 11.3 Å². The van der Waals surface area contributed by atoms with E-state index < -0.39 is 14.6 Å². The molecule has 0 heterocycles. The van der Waals surface area contributed by atoms with Gasteiger partial charge in [-0.3, -0.25) is 0 Å². The Morgan fingerprint density at radius 3 is 1.85 bits per heavy atom. The second kappa shape index (κ2) is 9.39. The van der Waals surface area contributed by atoms with Crippen molar-refractivity contribution >= 4 is 9.84 Å². The Bertz CT molecular complexity index is 634. The molecule has 0 amide bonds. The van der Waals surface area contributed by atoms with Crippen LogP contribution in [0.25, 0.3) is 0 Å². The molecular weight excluding hydrogens is 340 g/mol. The van der Waals surface area contributed by atoms with E-state index in [1.807, 2.05) is 32.9 Å². The van der Waals surface area contributed by atoms with Crippen molar-refractivity contribution in [2.75, 3.05) is 0 Å². The summed E-state index contributed by atoms with van der Waals surface area (Å²) in [5.74, 6) is 0.118. The lowest BCUT2D eigenvalue weighted by molar-refractivity contribution is 0.174. The smallest absolute Gasteiger partial charge is 0.183 e. The lowest BCUT2D eigenvalue weighted by Gasteiger charge is -2.42. The van der Waals surface area contributed by atoms with Gasteiger partial charge in [0.25, 0.3) is 0 Å². The second-order valence-corrected chi connectivity index (χ2v) is 11.9. The Morgan fingerprint density at radius 1 is 0.846 bits per heavy atom. The topological polar surface area (TPSA) is 34.1 Å². The van der Waals surface area contributed by atoms with Crippen LogP contribution < -0.4 is 0 Å². The van der Waals surface area contributed by atoms with E-state index in [-0.39, 0.29) is 11.3 Å². The van der Waals surface area contributed by atoms with Crippen molar-refractivity contribution in [3.05, 3.63) is 29.8 Å². The summed E-state index contributed by atoms with van der Waals surface area (Å²) in [5, 5.41) is 0. The molecule has 0 N–H and O–H groups in total. The molecule has 1 rings (SSSR count). The number of hydrogen-bond acceptors (Lipinski definition) is 2. The Kier molecular flexibility index (Phi) is 8.38. The Hall–Kier alpha value is -0.830. The molecule has 1 aromatic rings. The quantitative estimate of drug-likeness (QED) is 0.411. The number of sulfone groups is 1. The van der Waals surface area contributed by atoms with E-state index >= 15 is 0 Å². The van der Waals surface area contributed by atoms with E-state index in [1.165, 1.54) is 32.1 Å². The van der Waals surface area contributed by atoms with Gasteiger partial charge in [0.15, 0.2) is 9.84 Å². The Labute approximate surface area is 162 Å². The number of unbranched alkanes of at least 4 members (excludes halogenated alkanes) is 5. The van der Waals surface area contributed by atoms with Gasteiger partial charge in [-0.05, 0) is 50.7 Å². The van der Waals surface area contributed by atoms with Gasteiger partial charge in [0.2, 0.25) is 0 Å². The van der Waals surface area contributed by atoms with Gasteiger partial charge in [-0.2, -0.15) is 0 Å². The molecule has 0 aliphatic carbocycles. The maximum atomic E-state index is 13.4. The van der Waals surface area contributed by atoms with Crippen molar-refractivity contribution in [3.63, 3.8) is 0 Å². The molecule has 0 spiro atoms. The predicted molar refractivity (Wildman–Crippen MR) is 113 cm³/mol. The fraction of sp³-hybridized carbons (Fsp3) is 0.739. The first kappa shape index (κ1) is 23.2. The van der Waals surface area contributed by atoms with Crippen LogP contribution in [0.5, 0.6) is 0 Å². The highest BCUT2D eigenvalue weighted by Gasteiger charge is 2.47. The van der Waals surface area contributed by atoms with E-state index in [9.17, 15) is 8.42 Å². The summed E-state index contributed by atoms with van der Waals surface area (Å²) < 4.78 is 26.1. The molecule has 0 aliphatic rings. The van der Waals surface area contributed by atoms with Crippen LogP contribution in [0.4, 0.5) is 0 Å². The van der Waals surface area contributed by atoms with Crippen LogP contribution in [-0.4, -0.2) is 13.2 Å². The maximum Gasteiger partial charge on any atom is 0.183 e. The highest BCUT2D eigenvalue weighted by molar-refractivity contribution is 7.92. The molecule has 150 valence electrons. The summed E-state index contributed by atoms with van der Waals surface area (Å²) in [6.45, 7) is 14.6. The minimum absolute atomic E-state index is 0.0509. The zero-order valence-corrected chi connectivity index (χ0v) is 18.9. The van der Waals surface area contributed by atoms with Crippen molar-refractivity contribution in [1.29, 1.82) is 0 Å². The van der Waals surface area contributed by atoms with Gasteiger partial charge in [0.05, 0.1) is 9.64 Å². The highest BCUT2D eigenvalue weighted by Crippen LogP contribution is 2.44. The zero-order chi connectivity index (χ0) is 20.0. The number of aryl methyl sites for hydroxylation is 1. The molecule has 0 saturated heterocycles. The molecule has 0 fully saturated rings. The molecule has 1 aromatic carbocycles. The first-order valence-electron chi connectivity index (χ1n) is 10.3. The molecule has 0 saturated carbocycles. The van der Waals surface area contributed by atoms with E-state index in [1.54, 1.807) is 12.1 Å². The lowest BCUT2D eigenvalue weighted by atomic mass is 9.71. The molecular formula is C23H40O2S. The van der Waals surface area contributed by atoms with Crippen molar-refractivity contribution in [1.82, 2.24) is 0 Å². The highest BCUT2D eigenvalue weighted by atomic mass is 32.2. The van der Waals surface area contributed by atoms with Crippen LogP contribution in [0.1, 0.15) is 92.1 Å². The Balaban J connectivity index is 2.98. The summed E-state index contributed by atoms with van der Waals surface area (Å²) in [7, 11) is -3.39. The monoisotopic (exact) mass is 380 g/mol. The molecule has 0 aliphatic heterocycles. The van der Waals surface area contributed by atoms with Crippen LogP contribution in [0, 0.1) is 18.3 Å². The van der Waals surface area contributed by atoms with Crippen LogP contribution in [0.2, 0.25) is 0 Å². The number of hydrogen-bond donors (Lipinski definition) is 0. The number of benzene rings is 1. The summed E-state index contributed by atoms with van der Waals surface area (Å²) in [6, 6.07) is 7.30. The van der Waals surface area contributed by atoms with Gasteiger partial charge in [-0.25, -0.2) is 8.42 Å². The average molecular weight is 381 g/mol. The van der Waals surface area contributed by atoms with Gasteiger partial charge in [0, 0.05) is 0 Å². The van der Waals surface area contributed by atoms with Crippen LogP contribution >= 0.6 is 0 Å². The van der Waals surface area contributed by atoms with Gasteiger partial charge in [-0.15, -0.1) is 0 Å². The van der Waals surface area contributed by atoms with Gasteiger partial charge in [-0.1, -0.05) is 83.9 Å². The van der Waals surface area contributed by atoms with Crippen LogP contribution in [0.15, 0.2) is 29.2 Å². The van der Waals surface area contributed by atoms with Crippen molar-refractivity contribution in [2.45, 2.75) is 103 Å². The lowest BCUT2D eigenvalue weighted by Crippen LogP contribution is -2.46. The SMILES string of the molecule is CCCCCCCCC(C(C)(C)C)C(C)(C)S(=O)(=O)c1ccc(C)cc1. The molecule has 2 nitrogen and oxygen atoms in total. The fourth-order valence-corrected chi connectivity index (χ4v) is 6.11. The number of rotatable bonds is 10. The zero-order valence-electron chi connectivity index (χ0n) is 18.1. The third kappa shape index (κ3) is 5.84. The summed E-state index contributed by atoms with van der Waals surface area (Å²) >= 11 is 0. The van der Waals surface area contributed by atoms with Crippen LogP contribution in [0.3, 0.4) is 0 Å². The van der Waals surface area contributed by atoms with E-state index in [0.29, 0.717) is 4.90 Å². The first-order valence-corrected chi connectivity index (χ1v) is 11.7. The molecule has 1 unspecified atom stereocenters. The largest absolute Gasteiger partial charge is 0.223 e. The minimum atomic E-state index is -3.39. The van der Waals surface area contributed by atoms with E-state index in [0.717, 1.165) is 18.4 Å². The maximum absolute atomic E-state index is 13.4. The summed E-state index contributed by atoms with van der Waals surface area (Å²) in [5.41, 5.74) is 1.03. The van der Waals surface area contributed by atoms with Crippen molar-refractivity contribution < 1.29 is 8.42 Å². The second-order valence-electron chi connectivity index (χ2n) is 9.39. The van der Waals surface area contributed by atoms with Crippen LogP contribution in [-0.2, 0) is 9.84 Å². The van der Waals surface area contributed by atoms with E-state index in [2.05, 4.69) is 27.7 Å². The Morgan fingerprint density at radius 2 is 1.35 bits per heavy atom. The molecule has 0 aromatic heterocycles. The molecule has 1 atom stereocenters. The fourth-order valence-electron chi connectivity index (χ4n) is 4.16. The average Bonchev–Trinajstić information content (AvgIpc) is 2.52. The van der Waals surface area contributed by atoms with E-state index in [4.69, 9.17) is 0 Å². The normalized spacial score (nSPS) is 14.4. The van der Waals surface area contributed by atoms with Crippen molar-refractivity contribution in [3.8, 4) is 0 Å². The molecule has 3 heteroatoms. The first-order chi connectivity index (χ1) is 11.9. The predicted octanol–water partition coefficient (Wildman–Crippen LogP) is 6.96. The summed E-state index contributed by atoms with van der Waals surface area (Å²) in [4.78, 5) is 0.449. The minimum Gasteiger partial charge on any atom is -0.223 e. The third-order valence-electron chi connectivity index (χ3n) is 5.75.